The molecule has 146 valence electrons. The molecule has 3 aromatic rings. The number of fused-ring (bicyclic) bond motifs is 2. The third kappa shape index (κ3) is 3.42. The number of para-hydroxylation sites is 2. The number of hydrogen-bond donors (Lipinski definition) is 1. The van der Waals surface area contributed by atoms with Crippen molar-refractivity contribution in [1.82, 2.24) is 4.58 Å². The summed E-state index contributed by atoms with van der Waals surface area (Å²) in [5.74, 6) is -0.920. The van der Waals surface area contributed by atoms with Crippen LogP contribution in [-0.2, 0) is 5.41 Å². The van der Waals surface area contributed by atoms with Crippen LogP contribution in [0.25, 0.3) is 0 Å². The fourth-order valence-electron chi connectivity index (χ4n) is 3.70. The number of rotatable bonds is 2. The van der Waals surface area contributed by atoms with Crippen molar-refractivity contribution in [3.05, 3.63) is 83.4 Å². The maximum absolute atomic E-state index is 11.3. The van der Waals surface area contributed by atoms with E-state index in [0.29, 0.717) is 0 Å². The fourth-order valence-corrected chi connectivity index (χ4v) is 3.70. The molecule has 4 nitrogen and oxygen atoms in total. The number of anilines is 2. The van der Waals surface area contributed by atoms with Gasteiger partial charge >= 0.3 is 5.97 Å². The lowest BCUT2D eigenvalue weighted by molar-refractivity contribution is 0.0697. The van der Waals surface area contributed by atoms with Gasteiger partial charge in [-0.2, -0.15) is 4.58 Å². The molecule has 29 heavy (non-hydrogen) atoms. The van der Waals surface area contributed by atoms with E-state index in [9.17, 15) is 9.90 Å². The van der Waals surface area contributed by atoms with Crippen molar-refractivity contribution >= 4 is 34.9 Å². The lowest BCUT2D eigenvalue weighted by atomic mass is 9.86. The Kier molecular flexibility index (Phi) is 4.50. The molecule has 0 aliphatic carbocycles. The zero-order valence-corrected chi connectivity index (χ0v) is 17.2. The summed E-state index contributed by atoms with van der Waals surface area (Å²) in [5.41, 5.74) is 6.92. The molecule has 1 aliphatic heterocycles. The highest BCUT2D eigenvalue weighted by atomic mass is 16.4. The first-order valence-corrected chi connectivity index (χ1v) is 9.70. The summed E-state index contributed by atoms with van der Waals surface area (Å²) in [4.78, 5) is 13.5. The number of aromatic carboxylic acids is 1. The second-order valence-electron chi connectivity index (χ2n) is 8.42. The standard InChI is InChI=1S/C25H24N2O2/c1-25(2,3)19-11-14-21-18(15-19)16-27(20-12-9-17(10-13-20)24(28)29)23-8-6-5-7-22(23)26(21)4/h5-16H,1-4H3/p+1. The van der Waals surface area contributed by atoms with Crippen molar-refractivity contribution < 1.29 is 9.90 Å². The third-order valence-electron chi connectivity index (χ3n) is 5.42. The molecule has 4 heteroatoms. The predicted octanol–water partition coefficient (Wildman–Crippen LogP) is 5.72. The second-order valence-corrected chi connectivity index (χ2v) is 8.42. The average Bonchev–Trinajstić information content (AvgIpc) is 2.82. The summed E-state index contributed by atoms with van der Waals surface area (Å²) >= 11 is 0. The molecule has 0 unspecified atom stereocenters. The lowest BCUT2D eigenvalue weighted by Gasteiger charge is -2.23. The molecule has 0 amide bonds. The maximum atomic E-state index is 11.3. The van der Waals surface area contributed by atoms with Gasteiger partial charge in [-0.25, -0.2) is 4.79 Å². The van der Waals surface area contributed by atoms with E-state index in [1.807, 2.05) is 24.3 Å². The van der Waals surface area contributed by atoms with Gasteiger partial charge in [0.15, 0.2) is 6.21 Å². The van der Waals surface area contributed by atoms with Gasteiger partial charge in [0, 0.05) is 25.2 Å². The van der Waals surface area contributed by atoms with Gasteiger partial charge in [-0.05, 0) is 41.3 Å². The van der Waals surface area contributed by atoms with E-state index >= 15 is 0 Å². The van der Waals surface area contributed by atoms with Crippen molar-refractivity contribution in [1.29, 1.82) is 0 Å². The minimum Gasteiger partial charge on any atom is -0.478 e. The SMILES string of the molecule is CN1c2ccc(C(C)(C)C)cc2C=[N+](c2ccc(C(=O)O)cc2)c2ccccc21. The summed E-state index contributed by atoms with van der Waals surface area (Å²) < 4.78 is 2.13. The van der Waals surface area contributed by atoms with Crippen LogP contribution in [0, 0.1) is 0 Å². The van der Waals surface area contributed by atoms with E-state index in [1.54, 1.807) is 12.1 Å². The minimum absolute atomic E-state index is 0.0502. The van der Waals surface area contributed by atoms with Crippen LogP contribution in [0.5, 0.6) is 0 Å². The highest BCUT2D eigenvalue weighted by Gasteiger charge is 2.27. The van der Waals surface area contributed by atoms with Crippen molar-refractivity contribution in [2.24, 2.45) is 0 Å². The van der Waals surface area contributed by atoms with Crippen molar-refractivity contribution in [2.75, 3.05) is 11.9 Å². The van der Waals surface area contributed by atoms with Gasteiger partial charge in [0.1, 0.15) is 5.69 Å². The monoisotopic (exact) mass is 385 g/mol. The van der Waals surface area contributed by atoms with E-state index in [0.717, 1.165) is 28.3 Å². The van der Waals surface area contributed by atoms with Crippen LogP contribution in [-0.4, -0.2) is 24.3 Å². The summed E-state index contributed by atoms with van der Waals surface area (Å²) in [6.07, 6.45) is 2.14. The summed E-state index contributed by atoms with van der Waals surface area (Å²) in [7, 11) is 2.08. The minimum atomic E-state index is -0.920. The molecule has 0 atom stereocenters. The molecule has 4 rings (SSSR count). The Morgan fingerprint density at radius 3 is 2.28 bits per heavy atom. The van der Waals surface area contributed by atoms with E-state index in [2.05, 4.69) is 73.8 Å². The molecule has 1 aliphatic rings. The first-order valence-electron chi connectivity index (χ1n) is 9.70. The van der Waals surface area contributed by atoms with Crippen LogP contribution < -0.4 is 9.48 Å². The molecular formula is C25H25N2O2+. The van der Waals surface area contributed by atoms with Gasteiger partial charge < -0.3 is 10.0 Å². The second kappa shape index (κ2) is 6.89. The molecule has 0 aromatic heterocycles. The zero-order chi connectivity index (χ0) is 20.8. The zero-order valence-electron chi connectivity index (χ0n) is 17.2. The Bertz CT molecular complexity index is 1120. The lowest BCUT2D eigenvalue weighted by Crippen LogP contribution is -2.14. The third-order valence-corrected chi connectivity index (χ3v) is 5.42. The normalized spacial score (nSPS) is 13.2. The van der Waals surface area contributed by atoms with Crippen molar-refractivity contribution in [3.8, 4) is 0 Å². The number of carboxylic acids is 1. The molecule has 0 saturated heterocycles. The van der Waals surface area contributed by atoms with Gasteiger partial charge in [0.2, 0.25) is 11.4 Å². The van der Waals surface area contributed by atoms with E-state index in [4.69, 9.17) is 0 Å². The molecular weight excluding hydrogens is 360 g/mol. The number of hydrogen-bond acceptors (Lipinski definition) is 2. The number of nitrogens with zero attached hydrogens (tertiary/aromatic N) is 2. The van der Waals surface area contributed by atoms with Crippen molar-refractivity contribution in [3.63, 3.8) is 0 Å². The van der Waals surface area contributed by atoms with Crippen molar-refractivity contribution in [2.45, 2.75) is 26.2 Å². The maximum Gasteiger partial charge on any atom is 0.335 e. The highest BCUT2D eigenvalue weighted by Crippen LogP contribution is 2.39. The molecule has 0 saturated carbocycles. The van der Waals surface area contributed by atoms with Crippen LogP contribution in [0.15, 0.2) is 66.7 Å². The molecule has 3 aromatic carbocycles. The number of benzene rings is 3. The van der Waals surface area contributed by atoms with Crippen LogP contribution in [0.3, 0.4) is 0 Å². The Hall–Kier alpha value is -3.40. The molecule has 1 heterocycles. The first kappa shape index (κ1) is 18.9. The van der Waals surface area contributed by atoms with Crippen LogP contribution in [0.1, 0.15) is 42.3 Å². The van der Waals surface area contributed by atoms with Gasteiger partial charge in [-0.3, -0.25) is 0 Å². The largest absolute Gasteiger partial charge is 0.478 e. The van der Waals surface area contributed by atoms with Gasteiger partial charge in [0.25, 0.3) is 0 Å². The summed E-state index contributed by atoms with van der Waals surface area (Å²) in [6, 6.07) is 21.9. The Morgan fingerprint density at radius 1 is 0.931 bits per heavy atom. The predicted molar refractivity (Wildman–Crippen MR) is 120 cm³/mol. The Morgan fingerprint density at radius 2 is 1.62 bits per heavy atom. The molecule has 0 fully saturated rings. The Labute approximate surface area is 171 Å². The van der Waals surface area contributed by atoms with Gasteiger partial charge in [-0.1, -0.05) is 39.0 Å². The van der Waals surface area contributed by atoms with E-state index in [-0.39, 0.29) is 11.0 Å². The van der Waals surface area contributed by atoms with Gasteiger partial charge in [0.05, 0.1) is 16.8 Å². The van der Waals surface area contributed by atoms with Crippen LogP contribution >= 0.6 is 0 Å². The van der Waals surface area contributed by atoms with E-state index in [1.165, 1.54) is 5.56 Å². The smallest absolute Gasteiger partial charge is 0.335 e. The highest BCUT2D eigenvalue weighted by molar-refractivity contribution is 5.98. The quantitative estimate of drug-likeness (QED) is 0.574. The van der Waals surface area contributed by atoms with Gasteiger partial charge in [-0.15, -0.1) is 0 Å². The molecule has 0 radical (unpaired) electrons. The first-order chi connectivity index (χ1) is 13.8. The molecule has 1 N–H and O–H groups in total. The number of carbonyl (C=O) groups is 1. The summed E-state index contributed by atoms with van der Waals surface area (Å²) in [6.45, 7) is 6.64. The Balaban J connectivity index is 1.96. The van der Waals surface area contributed by atoms with Crippen LogP contribution in [0.2, 0.25) is 0 Å². The average molecular weight is 385 g/mol. The van der Waals surface area contributed by atoms with E-state index < -0.39 is 5.97 Å². The molecule has 0 spiro atoms. The topological polar surface area (TPSA) is 43.5 Å². The fraction of sp³-hybridized carbons (Fsp3) is 0.200. The number of carboxylic acid groups (broad SMARTS) is 1. The van der Waals surface area contributed by atoms with Crippen LogP contribution in [0.4, 0.5) is 22.7 Å². The summed E-state index contributed by atoms with van der Waals surface area (Å²) in [5, 5.41) is 9.23. The molecule has 0 bridgehead atoms.